The maximum absolute atomic E-state index is 12.8. The third-order valence-corrected chi connectivity index (χ3v) is 6.96. The van der Waals surface area contributed by atoms with Crippen LogP contribution in [0.4, 0.5) is 4.79 Å². The number of nitrogens with one attached hydrogen (secondary N) is 1. The minimum atomic E-state index is -3.48. The lowest BCUT2D eigenvalue weighted by Gasteiger charge is -2.32. The Morgan fingerprint density at radius 2 is 1.68 bits per heavy atom. The molecule has 0 aromatic heterocycles. The molecule has 7 heteroatoms. The third-order valence-electron chi connectivity index (χ3n) is 5.05. The number of carbonyl (C=O) groups excluding carboxylic acids is 1. The van der Waals surface area contributed by atoms with Gasteiger partial charge in [-0.25, -0.2) is 13.2 Å². The first-order valence-electron chi connectivity index (χ1n) is 9.48. The number of benzene rings is 2. The number of nitrogens with zero attached hydrogens (tertiary/aromatic N) is 2. The van der Waals surface area contributed by atoms with Crippen molar-refractivity contribution in [2.75, 3.05) is 20.1 Å². The van der Waals surface area contributed by atoms with Crippen LogP contribution < -0.4 is 5.32 Å². The van der Waals surface area contributed by atoms with Crippen molar-refractivity contribution < 1.29 is 13.2 Å². The van der Waals surface area contributed by atoms with Crippen LogP contribution in [0.25, 0.3) is 0 Å². The van der Waals surface area contributed by atoms with Crippen LogP contribution in [0, 0.1) is 6.92 Å². The fourth-order valence-electron chi connectivity index (χ4n) is 3.31. The van der Waals surface area contributed by atoms with Crippen molar-refractivity contribution >= 4 is 16.1 Å². The first-order valence-corrected chi connectivity index (χ1v) is 10.9. The Hall–Kier alpha value is -2.38. The highest BCUT2D eigenvalue weighted by Crippen LogP contribution is 2.21. The molecule has 28 heavy (non-hydrogen) atoms. The monoisotopic (exact) mass is 401 g/mol. The van der Waals surface area contributed by atoms with Crippen LogP contribution in [0.2, 0.25) is 0 Å². The van der Waals surface area contributed by atoms with Crippen molar-refractivity contribution in [1.29, 1.82) is 0 Å². The molecule has 1 fully saturated rings. The summed E-state index contributed by atoms with van der Waals surface area (Å²) in [6.45, 7) is 3.28. The van der Waals surface area contributed by atoms with E-state index >= 15 is 0 Å². The molecule has 1 N–H and O–H groups in total. The molecule has 1 aliphatic heterocycles. The smallest absolute Gasteiger partial charge is 0.317 e. The highest BCUT2D eigenvalue weighted by molar-refractivity contribution is 7.89. The van der Waals surface area contributed by atoms with Crippen LogP contribution >= 0.6 is 0 Å². The second kappa shape index (κ2) is 8.75. The van der Waals surface area contributed by atoms with Gasteiger partial charge in [-0.15, -0.1) is 0 Å². The Kier molecular flexibility index (Phi) is 6.36. The van der Waals surface area contributed by atoms with E-state index in [1.807, 2.05) is 49.4 Å². The summed E-state index contributed by atoms with van der Waals surface area (Å²) in [6, 6.07) is 16.6. The van der Waals surface area contributed by atoms with Crippen LogP contribution in [0.15, 0.2) is 59.5 Å². The van der Waals surface area contributed by atoms with Gasteiger partial charge < -0.3 is 10.2 Å². The average Bonchev–Trinajstić information content (AvgIpc) is 2.69. The van der Waals surface area contributed by atoms with Crippen molar-refractivity contribution in [3.63, 3.8) is 0 Å². The number of sulfonamides is 1. The highest BCUT2D eigenvalue weighted by Gasteiger charge is 2.30. The number of piperidine rings is 1. The maximum atomic E-state index is 12.8. The summed E-state index contributed by atoms with van der Waals surface area (Å²) in [5.41, 5.74) is 2.10. The predicted octanol–water partition coefficient (Wildman–Crippen LogP) is 2.99. The van der Waals surface area contributed by atoms with Crippen molar-refractivity contribution in [2.24, 2.45) is 0 Å². The summed E-state index contributed by atoms with van der Waals surface area (Å²) >= 11 is 0. The number of aryl methyl sites for hydroxylation is 1. The fourth-order valence-corrected chi connectivity index (χ4v) is 4.78. The van der Waals surface area contributed by atoms with E-state index in [2.05, 4.69) is 5.32 Å². The SMILES string of the molecule is Cc1ccc(S(=O)(=O)N2CCC(NC(=O)N(C)Cc3ccccc3)CC2)cc1. The van der Waals surface area contributed by atoms with Gasteiger partial charge >= 0.3 is 6.03 Å². The molecule has 0 saturated carbocycles. The zero-order chi connectivity index (χ0) is 20.1. The highest BCUT2D eigenvalue weighted by atomic mass is 32.2. The second-order valence-corrected chi connectivity index (χ2v) is 9.22. The summed E-state index contributed by atoms with van der Waals surface area (Å²) in [4.78, 5) is 14.4. The molecular formula is C21H27N3O3S. The van der Waals surface area contributed by atoms with E-state index in [4.69, 9.17) is 0 Å². The van der Waals surface area contributed by atoms with Gasteiger partial charge in [0.05, 0.1) is 4.90 Å². The Labute approximate surface area is 167 Å². The van der Waals surface area contributed by atoms with E-state index in [0.29, 0.717) is 37.4 Å². The van der Waals surface area contributed by atoms with Crippen LogP contribution in [-0.4, -0.2) is 49.8 Å². The minimum absolute atomic E-state index is 0.0183. The molecule has 1 heterocycles. The van der Waals surface area contributed by atoms with E-state index < -0.39 is 10.0 Å². The van der Waals surface area contributed by atoms with Crippen LogP contribution in [0.1, 0.15) is 24.0 Å². The third kappa shape index (κ3) is 4.91. The van der Waals surface area contributed by atoms with Crippen LogP contribution in [-0.2, 0) is 16.6 Å². The molecule has 0 aliphatic carbocycles. The van der Waals surface area contributed by atoms with Crippen molar-refractivity contribution in [2.45, 2.75) is 37.2 Å². The normalized spacial score (nSPS) is 15.9. The molecule has 0 unspecified atom stereocenters. The molecule has 150 valence electrons. The number of urea groups is 1. The lowest BCUT2D eigenvalue weighted by atomic mass is 10.1. The van der Waals surface area contributed by atoms with Gasteiger partial charge in [-0.1, -0.05) is 48.0 Å². The molecule has 1 saturated heterocycles. The topological polar surface area (TPSA) is 69.7 Å². The number of rotatable bonds is 5. The predicted molar refractivity (Wildman–Crippen MR) is 109 cm³/mol. The van der Waals surface area contributed by atoms with Gasteiger partial charge in [-0.2, -0.15) is 4.31 Å². The Bertz CT molecular complexity index is 890. The first kappa shape index (κ1) is 20.4. The molecule has 6 nitrogen and oxygen atoms in total. The molecule has 0 atom stereocenters. The summed E-state index contributed by atoms with van der Waals surface area (Å²) in [5, 5.41) is 3.02. The maximum Gasteiger partial charge on any atom is 0.317 e. The van der Waals surface area contributed by atoms with Gasteiger partial charge in [-0.3, -0.25) is 0 Å². The number of carbonyl (C=O) groups is 1. The van der Waals surface area contributed by atoms with Crippen LogP contribution in [0.3, 0.4) is 0 Å². The fraction of sp³-hybridized carbons (Fsp3) is 0.381. The lowest BCUT2D eigenvalue weighted by molar-refractivity contribution is 0.195. The standard InChI is InChI=1S/C21H27N3O3S/c1-17-8-10-20(11-9-17)28(26,27)24-14-12-19(13-15-24)22-21(25)23(2)16-18-6-4-3-5-7-18/h3-11,19H,12-16H2,1-2H3,(H,22,25). The largest absolute Gasteiger partial charge is 0.335 e. The first-order chi connectivity index (χ1) is 13.4. The van der Waals surface area contributed by atoms with E-state index in [-0.39, 0.29) is 12.1 Å². The zero-order valence-electron chi connectivity index (χ0n) is 16.3. The summed E-state index contributed by atoms with van der Waals surface area (Å²) in [7, 11) is -1.71. The van der Waals surface area contributed by atoms with E-state index in [9.17, 15) is 13.2 Å². The van der Waals surface area contributed by atoms with Crippen molar-refractivity contribution in [3.8, 4) is 0 Å². The van der Waals surface area contributed by atoms with Crippen molar-refractivity contribution in [3.05, 3.63) is 65.7 Å². The molecule has 2 amide bonds. The molecular weight excluding hydrogens is 374 g/mol. The van der Waals surface area contributed by atoms with Gasteiger partial charge in [-0.05, 0) is 37.5 Å². The number of amides is 2. The molecule has 0 spiro atoms. The average molecular weight is 402 g/mol. The quantitative estimate of drug-likeness (QED) is 0.837. The second-order valence-electron chi connectivity index (χ2n) is 7.28. The van der Waals surface area contributed by atoms with Gasteiger partial charge in [0.15, 0.2) is 0 Å². The minimum Gasteiger partial charge on any atom is -0.335 e. The van der Waals surface area contributed by atoms with Gasteiger partial charge in [0.2, 0.25) is 10.0 Å². The summed E-state index contributed by atoms with van der Waals surface area (Å²) in [6.07, 6.45) is 1.21. The van der Waals surface area contributed by atoms with Gasteiger partial charge in [0, 0.05) is 32.7 Å². The molecule has 1 aliphatic rings. The number of hydrogen-bond donors (Lipinski definition) is 1. The Morgan fingerprint density at radius 1 is 1.07 bits per heavy atom. The Balaban J connectivity index is 1.52. The molecule has 2 aromatic rings. The molecule has 0 bridgehead atoms. The van der Waals surface area contributed by atoms with Crippen molar-refractivity contribution in [1.82, 2.24) is 14.5 Å². The molecule has 3 rings (SSSR count). The van der Waals surface area contributed by atoms with Gasteiger partial charge in [0.1, 0.15) is 0 Å². The van der Waals surface area contributed by atoms with E-state index in [1.54, 1.807) is 24.1 Å². The molecule has 2 aromatic carbocycles. The molecule has 0 radical (unpaired) electrons. The van der Waals surface area contributed by atoms with Crippen LogP contribution in [0.5, 0.6) is 0 Å². The summed E-state index contributed by atoms with van der Waals surface area (Å²) in [5.74, 6) is 0. The van der Waals surface area contributed by atoms with E-state index in [0.717, 1.165) is 11.1 Å². The summed E-state index contributed by atoms with van der Waals surface area (Å²) < 4.78 is 27.0. The zero-order valence-corrected chi connectivity index (χ0v) is 17.2. The Morgan fingerprint density at radius 3 is 2.29 bits per heavy atom. The number of hydrogen-bond acceptors (Lipinski definition) is 3. The van der Waals surface area contributed by atoms with E-state index in [1.165, 1.54) is 4.31 Å². The van der Waals surface area contributed by atoms with Gasteiger partial charge in [0.25, 0.3) is 0 Å². The lowest BCUT2D eigenvalue weighted by Crippen LogP contribution is -2.49.